The molecule has 1 fully saturated rings. The van der Waals surface area contributed by atoms with Gasteiger partial charge in [-0.25, -0.2) is 9.64 Å². The number of aromatic amines is 1. The third-order valence-electron chi connectivity index (χ3n) is 6.50. The number of H-pyrrole nitrogens is 1. The molecule has 2 aliphatic rings. The van der Waals surface area contributed by atoms with Gasteiger partial charge in [0.15, 0.2) is 5.69 Å². The van der Waals surface area contributed by atoms with E-state index in [4.69, 9.17) is 6.57 Å². The fourth-order valence-electron chi connectivity index (χ4n) is 5.18. The summed E-state index contributed by atoms with van der Waals surface area (Å²) in [7, 11) is 0. The lowest BCUT2D eigenvalue weighted by atomic mass is 9.85. The molecule has 0 bridgehead atoms. The molecule has 5 heteroatoms. The van der Waals surface area contributed by atoms with Crippen LogP contribution in [-0.2, 0) is 6.42 Å². The number of para-hydroxylation sites is 2. The van der Waals surface area contributed by atoms with E-state index in [-0.39, 0.29) is 11.7 Å². The molecule has 0 saturated carbocycles. The minimum atomic E-state index is 0.00404. The quantitative estimate of drug-likeness (QED) is 0.669. The van der Waals surface area contributed by atoms with Gasteiger partial charge < -0.3 is 4.98 Å². The van der Waals surface area contributed by atoms with E-state index in [0.29, 0.717) is 6.04 Å². The van der Waals surface area contributed by atoms with Gasteiger partial charge in [0, 0.05) is 25.2 Å². The van der Waals surface area contributed by atoms with Crippen molar-refractivity contribution in [2.75, 3.05) is 13.1 Å². The summed E-state index contributed by atoms with van der Waals surface area (Å²) in [6, 6.07) is 14.8. The Morgan fingerprint density at radius 2 is 1.86 bits per heavy atom. The number of fused-ring (bicyclic) bond motifs is 2. The largest absolute Gasteiger partial charge is 0.326 e. The van der Waals surface area contributed by atoms with Crippen molar-refractivity contribution in [1.82, 2.24) is 14.5 Å². The molecule has 1 N–H and O–H groups in total. The van der Waals surface area contributed by atoms with E-state index < -0.39 is 0 Å². The summed E-state index contributed by atoms with van der Waals surface area (Å²) in [5.74, 6) is 0. The van der Waals surface area contributed by atoms with E-state index in [1.54, 1.807) is 0 Å². The molecule has 1 saturated heterocycles. The van der Waals surface area contributed by atoms with Crippen molar-refractivity contribution in [3.8, 4) is 0 Å². The number of aromatic nitrogens is 2. The summed E-state index contributed by atoms with van der Waals surface area (Å²) in [6.07, 6.45) is 5.29. The number of hydrogen-bond donors (Lipinski definition) is 1. The van der Waals surface area contributed by atoms with Gasteiger partial charge in [-0.2, -0.15) is 0 Å². The zero-order chi connectivity index (χ0) is 19.1. The van der Waals surface area contributed by atoms with Gasteiger partial charge in [0.2, 0.25) is 0 Å². The lowest BCUT2D eigenvalue weighted by Gasteiger charge is -2.40. The van der Waals surface area contributed by atoms with Crippen molar-refractivity contribution in [1.29, 1.82) is 0 Å². The number of piperidine rings is 1. The van der Waals surface area contributed by atoms with Crippen LogP contribution >= 0.6 is 0 Å². The predicted molar refractivity (Wildman–Crippen MR) is 111 cm³/mol. The molecule has 0 amide bonds. The minimum Gasteiger partial charge on any atom is -0.306 e. The molecule has 2 heterocycles. The van der Waals surface area contributed by atoms with Crippen molar-refractivity contribution >= 4 is 16.7 Å². The predicted octanol–water partition coefficient (Wildman–Crippen LogP) is 4.59. The summed E-state index contributed by atoms with van der Waals surface area (Å²) >= 11 is 0. The molecule has 1 atom stereocenters. The van der Waals surface area contributed by atoms with Crippen LogP contribution < -0.4 is 5.69 Å². The molecule has 1 aromatic heterocycles. The lowest BCUT2D eigenvalue weighted by Crippen LogP contribution is -2.40. The fourth-order valence-corrected chi connectivity index (χ4v) is 5.18. The second-order valence-corrected chi connectivity index (χ2v) is 7.95. The Hall–Kier alpha value is -2.84. The van der Waals surface area contributed by atoms with Crippen LogP contribution in [0, 0.1) is 6.57 Å². The molecule has 1 unspecified atom stereocenters. The average Bonchev–Trinajstić information content (AvgIpc) is 3.08. The summed E-state index contributed by atoms with van der Waals surface area (Å²) in [5, 5.41) is 0. The highest BCUT2D eigenvalue weighted by molar-refractivity contribution is 5.75. The normalized spacial score (nSPS) is 20.8. The Labute approximate surface area is 164 Å². The Bertz CT molecular complexity index is 1110. The maximum Gasteiger partial charge on any atom is 0.326 e. The number of imidazole rings is 1. The van der Waals surface area contributed by atoms with Crippen molar-refractivity contribution in [2.24, 2.45) is 0 Å². The van der Waals surface area contributed by atoms with Gasteiger partial charge in [0.1, 0.15) is 0 Å². The van der Waals surface area contributed by atoms with Crippen LogP contribution in [0.5, 0.6) is 0 Å². The molecule has 3 aromatic rings. The van der Waals surface area contributed by atoms with E-state index in [9.17, 15) is 4.79 Å². The standard InChI is InChI=1S/C23H24N4O/c1-24-19-9-4-7-18-17(19)6-5-11-21(18)26-14-12-16(13-15-26)27-22-10-3-2-8-20(22)25-23(27)28/h2-4,7-10,16,21H,5-6,11-15H2,(H,25,28). The molecule has 2 aromatic carbocycles. The summed E-state index contributed by atoms with van der Waals surface area (Å²) < 4.78 is 1.96. The number of nitrogens with one attached hydrogen (secondary N) is 1. The zero-order valence-electron chi connectivity index (χ0n) is 15.9. The maximum atomic E-state index is 12.5. The average molecular weight is 372 g/mol. The Morgan fingerprint density at radius 1 is 1.04 bits per heavy atom. The molecule has 1 aliphatic carbocycles. The molecule has 1 aliphatic heterocycles. The molecule has 5 nitrogen and oxygen atoms in total. The van der Waals surface area contributed by atoms with Gasteiger partial charge in [-0.15, -0.1) is 0 Å². The topological polar surface area (TPSA) is 45.4 Å². The first-order valence-corrected chi connectivity index (χ1v) is 10.2. The SMILES string of the molecule is [C-]#[N+]c1cccc2c1CCCC2N1CCC(n2c(=O)[nH]c3ccccc32)CC1. The lowest BCUT2D eigenvalue weighted by molar-refractivity contribution is 0.123. The van der Waals surface area contributed by atoms with E-state index in [2.05, 4.69) is 20.8 Å². The Morgan fingerprint density at radius 3 is 2.68 bits per heavy atom. The second-order valence-electron chi connectivity index (χ2n) is 7.95. The van der Waals surface area contributed by atoms with Crippen LogP contribution in [0.3, 0.4) is 0 Å². The second kappa shape index (κ2) is 6.96. The van der Waals surface area contributed by atoms with Gasteiger partial charge in [0.25, 0.3) is 0 Å². The smallest absolute Gasteiger partial charge is 0.306 e. The van der Waals surface area contributed by atoms with Gasteiger partial charge in [-0.05, 0) is 55.4 Å². The zero-order valence-corrected chi connectivity index (χ0v) is 15.9. The van der Waals surface area contributed by atoms with E-state index >= 15 is 0 Å². The maximum absolute atomic E-state index is 12.5. The van der Waals surface area contributed by atoms with Crippen LogP contribution in [0.1, 0.15) is 48.9 Å². The number of rotatable bonds is 2. The number of likely N-dealkylation sites (tertiary alicyclic amines) is 1. The van der Waals surface area contributed by atoms with Crippen LogP contribution in [0.2, 0.25) is 0 Å². The Balaban J connectivity index is 1.38. The van der Waals surface area contributed by atoms with Crippen LogP contribution in [0.25, 0.3) is 15.9 Å². The fraction of sp³-hybridized carbons (Fsp3) is 0.391. The van der Waals surface area contributed by atoms with Crippen molar-refractivity contribution in [3.63, 3.8) is 0 Å². The minimum absolute atomic E-state index is 0.00404. The highest BCUT2D eigenvalue weighted by Crippen LogP contribution is 2.40. The van der Waals surface area contributed by atoms with E-state index in [1.807, 2.05) is 41.0 Å². The van der Waals surface area contributed by atoms with E-state index in [1.165, 1.54) is 11.1 Å². The summed E-state index contributed by atoms with van der Waals surface area (Å²) in [5.41, 5.74) is 5.36. The first kappa shape index (κ1) is 17.3. The molecular formula is C23H24N4O. The molecular weight excluding hydrogens is 348 g/mol. The molecule has 0 spiro atoms. The van der Waals surface area contributed by atoms with Crippen LogP contribution in [0.15, 0.2) is 47.3 Å². The molecule has 0 radical (unpaired) electrons. The van der Waals surface area contributed by atoms with Gasteiger partial charge in [-0.1, -0.05) is 30.3 Å². The van der Waals surface area contributed by atoms with Crippen LogP contribution in [0.4, 0.5) is 5.69 Å². The first-order valence-electron chi connectivity index (χ1n) is 10.2. The first-order chi connectivity index (χ1) is 13.8. The van der Waals surface area contributed by atoms with Crippen LogP contribution in [-0.4, -0.2) is 27.5 Å². The van der Waals surface area contributed by atoms with Crippen molar-refractivity contribution in [3.05, 3.63) is 75.5 Å². The highest BCUT2D eigenvalue weighted by Gasteiger charge is 2.31. The summed E-state index contributed by atoms with van der Waals surface area (Å²) in [6.45, 7) is 9.44. The molecule has 5 rings (SSSR count). The monoisotopic (exact) mass is 372 g/mol. The number of benzene rings is 2. The van der Waals surface area contributed by atoms with Gasteiger partial charge >= 0.3 is 5.69 Å². The molecule has 142 valence electrons. The van der Waals surface area contributed by atoms with Gasteiger partial charge in [0.05, 0.1) is 17.6 Å². The highest BCUT2D eigenvalue weighted by atomic mass is 16.1. The third-order valence-corrected chi connectivity index (χ3v) is 6.50. The number of nitrogens with zero attached hydrogens (tertiary/aromatic N) is 3. The third kappa shape index (κ3) is 2.76. The Kier molecular flexibility index (Phi) is 4.29. The molecule has 28 heavy (non-hydrogen) atoms. The van der Waals surface area contributed by atoms with E-state index in [0.717, 1.165) is 61.9 Å². The van der Waals surface area contributed by atoms with Crippen molar-refractivity contribution in [2.45, 2.75) is 44.2 Å². The number of hydrogen-bond acceptors (Lipinski definition) is 2. The van der Waals surface area contributed by atoms with Crippen molar-refractivity contribution < 1.29 is 0 Å². The van der Waals surface area contributed by atoms with Gasteiger partial charge in [-0.3, -0.25) is 9.47 Å². The summed E-state index contributed by atoms with van der Waals surface area (Å²) in [4.78, 5) is 21.8.